The van der Waals surface area contributed by atoms with Crippen LogP contribution in [0, 0.1) is 0 Å². The van der Waals surface area contributed by atoms with Gasteiger partial charge in [0.2, 0.25) is 0 Å². The smallest absolute Gasteiger partial charge is 0.125 e. The van der Waals surface area contributed by atoms with Crippen molar-refractivity contribution in [3.05, 3.63) is 18.3 Å². The third-order valence-electron chi connectivity index (χ3n) is 2.42. The zero-order valence-corrected chi connectivity index (χ0v) is 8.06. The lowest BCUT2D eigenvalue weighted by Crippen LogP contribution is -2.28. The maximum absolute atomic E-state index is 8.96. The molecular formula is C10H15N3O. The number of pyridine rings is 1. The molecule has 1 aromatic heterocycles. The van der Waals surface area contributed by atoms with Crippen LogP contribution in [0.25, 0.3) is 0 Å². The van der Waals surface area contributed by atoms with Gasteiger partial charge in [-0.15, -0.1) is 0 Å². The summed E-state index contributed by atoms with van der Waals surface area (Å²) in [5.41, 5.74) is 6.68. The number of hydrogen-bond donors (Lipinski definition) is 2. The summed E-state index contributed by atoms with van der Waals surface area (Å²) in [5.74, 6) is 0.533. The standard InChI is InChI=1S/C10H15N3O/c11-10-7-9(3-4-12-10)13(5-6-14)8-1-2-8/h3-4,7-8,14H,1-2,5-6H2,(H2,11,12). The first-order valence-corrected chi connectivity index (χ1v) is 4.90. The summed E-state index contributed by atoms with van der Waals surface area (Å²) in [5, 5.41) is 8.96. The number of nitrogens with two attached hydrogens (primary N) is 1. The predicted molar refractivity (Wildman–Crippen MR) is 56.1 cm³/mol. The second kappa shape index (κ2) is 3.84. The van der Waals surface area contributed by atoms with E-state index in [4.69, 9.17) is 10.8 Å². The van der Waals surface area contributed by atoms with Crippen LogP contribution in [0.15, 0.2) is 18.3 Å². The number of aliphatic hydroxyl groups excluding tert-OH is 1. The quantitative estimate of drug-likeness (QED) is 0.736. The first kappa shape index (κ1) is 9.27. The molecule has 3 N–H and O–H groups in total. The Morgan fingerprint density at radius 2 is 2.36 bits per heavy atom. The topological polar surface area (TPSA) is 62.4 Å². The maximum Gasteiger partial charge on any atom is 0.125 e. The van der Waals surface area contributed by atoms with Gasteiger partial charge >= 0.3 is 0 Å². The van der Waals surface area contributed by atoms with Crippen LogP contribution in [0.2, 0.25) is 0 Å². The molecule has 0 aliphatic heterocycles. The Labute approximate surface area is 83.4 Å². The molecule has 0 atom stereocenters. The van der Waals surface area contributed by atoms with E-state index in [0.717, 1.165) is 5.69 Å². The van der Waals surface area contributed by atoms with Gasteiger partial charge in [0, 0.05) is 30.5 Å². The Balaban J connectivity index is 2.16. The SMILES string of the molecule is Nc1cc(N(CCO)C2CC2)ccn1. The van der Waals surface area contributed by atoms with Crippen molar-refractivity contribution in [1.29, 1.82) is 0 Å². The molecule has 1 aromatic rings. The lowest BCUT2D eigenvalue weighted by Gasteiger charge is -2.23. The van der Waals surface area contributed by atoms with Crippen molar-refractivity contribution in [1.82, 2.24) is 4.98 Å². The molecule has 0 saturated heterocycles. The average Bonchev–Trinajstić information content (AvgIpc) is 2.97. The highest BCUT2D eigenvalue weighted by Crippen LogP contribution is 2.31. The number of hydrogen-bond acceptors (Lipinski definition) is 4. The first-order chi connectivity index (χ1) is 6.81. The van der Waals surface area contributed by atoms with Crippen LogP contribution in [-0.4, -0.2) is 29.3 Å². The highest BCUT2D eigenvalue weighted by molar-refractivity contribution is 5.53. The maximum atomic E-state index is 8.96. The first-order valence-electron chi connectivity index (χ1n) is 4.90. The molecule has 1 aliphatic carbocycles. The van der Waals surface area contributed by atoms with Crippen molar-refractivity contribution < 1.29 is 5.11 Å². The van der Waals surface area contributed by atoms with Crippen LogP contribution < -0.4 is 10.6 Å². The predicted octanol–water partition coefficient (Wildman–Crippen LogP) is 0.625. The lowest BCUT2D eigenvalue weighted by atomic mass is 10.3. The third-order valence-corrected chi connectivity index (χ3v) is 2.42. The molecule has 0 amide bonds. The van der Waals surface area contributed by atoms with E-state index < -0.39 is 0 Å². The van der Waals surface area contributed by atoms with Gasteiger partial charge in [-0.25, -0.2) is 4.98 Å². The van der Waals surface area contributed by atoms with Crippen LogP contribution in [0.1, 0.15) is 12.8 Å². The summed E-state index contributed by atoms with van der Waals surface area (Å²) in [6, 6.07) is 4.38. The molecule has 1 aliphatic rings. The van der Waals surface area contributed by atoms with Gasteiger partial charge in [-0.2, -0.15) is 0 Å². The van der Waals surface area contributed by atoms with E-state index >= 15 is 0 Å². The number of nitrogen functional groups attached to an aromatic ring is 1. The van der Waals surface area contributed by atoms with E-state index in [2.05, 4.69) is 9.88 Å². The molecule has 2 rings (SSSR count). The molecule has 4 heteroatoms. The summed E-state index contributed by atoms with van der Waals surface area (Å²) >= 11 is 0. The molecule has 1 fully saturated rings. The van der Waals surface area contributed by atoms with Gasteiger partial charge in [0.1, 0.15) is 5.82 Å². The number of aliphatic hydroxyl groups is 1. The van der Waals surface area contributed by atoms with Crippen LogP contribution in [0.5, 0.6) is 0 Å². The number of anilines is 2. The second-order valence-electron chi connectivity index (χ2n) is 3.59. The van der Waals surface area contributed by atoms with E-state index in [-0.39, 0.29) is 6.61 Å². The highest BCUT2D eigenvalue weighted by Gasteiger charge is 2.28. The fraction of sp³-hybridized carbons (Fsp3) is 0.500. The van der Waals surface area contributed by atoms with Gasteiger partial charge in [-0.05, 0) is 18.9 Å². The van der Waals surface area contributed by atoms with Gasteiger partial charge < -0.3 is 15.7 Å². The van der Waals surface area contributed by atoms with Gasteiger partial charge in [-0.3, -0.25) is 0 Å². The van der Waals surface area contributed by atoms with E-state index in [1.54, 1.807) is 6.20 Å². The fourth-order valence-corrected chi connectivity index (χ4v) is 1.63. The van der Waals surface area contributed by atoms with Gasteiger partial charge in [-0.1, -0.05) is 0 Å². The Kier molecular flexibility index (Phi) is 2.54. The normalized spacial score (nSPS) is 15.5. The summed E-state index contributed by atoms with van der Waals surface area (Å²) in [7, 11) is 0. The van der Waals surface area contributed by atoms with Crippen molar-refractivity contribution in [3.8, 4) is 0 Å². The summed E-state index contributed by atoms with van der Waals surface area (Å²) in [6.45, 7) is 0.854. The van der Waals surface area contributed by atoms with Crippen LogP contribution in [0.3, 0.4) is 0 Å². The Morgan fingerprint density at radius 1 is 1.57 bits per heavy atom. The number of nitrogens with zero attached hydrogens (tertiary/aromatic N) is 2. The Morgan fingerprint density at radius 3 is 2.93 bits per heavy atom. The van der Waals surface area contributed by atoms with Crippen molar-refractivity contribution in [2.75, 3.05) is 23.8 Å². The molecule has 0 aromatic carbocycles. The summed E-state index contributed by atoms with van der Waals surface area (Å²) < 4.78 is 0. The largest absolute Gasteiger partial charge is 0.395 e. The molecule has 4 nitrogen and oxygen atoms in total. The average molecular weight is 193 g/mol. The minimum Gasteiger partial charge on any atom is -0.395 e. The Hall–Kier alpha value is -1.29. The molecule has 1 heterocycles. The zero-order chi connectivity index (χ0) is 9.97. The van der Waals surface area contributed by atoms with Gasteiger partial charge in [0.25, 0.3) is 0 Å². The van der Waals surface area contributed by atoms with Crippen molar-refractivity contribution in [2.24, 2.45) is 0 Å². The van der Waals surface area contributed by atoms with Crippen molar-refractivity contribution >= 4 is 11.5 Å². The minimum absolute atomic E-state index is 0.179. The molecular weight excluding hydrogens is 178 g/mol. The minimum atomic E-state index is 0.179. The van der Waals surface area contributed by atoms with Crippen LogP contribution >= 0.6 is 0 Å². The molecule has 14 heavy (non-hydrogen) atoms. The second-order valence-corrected chi connectivity index (χ2v) is 3.59. The van der Waals surface area contributed by atoms with E-state index in [9.17, 15) is 0 Å². The Bertz CT molecular complexity index is 312. The fourth-order valence-electron chi connectivity index (χ4n) is 1.63. The van der Waals surface area contributed by atoms with Crippen LogP contribution in [0.4, 0.5) is 11.5 Å². The van der Waals surface area contributed by atoms with Gasteiger partial charge in [0.15, 0.2) is 0 Å². The van der Waals surface area contributed by atoms with E-state index in [1.807, 2.05) is 12.1 Å². The van der Waals surface area contributed by atoms with Crippen molar-refractivity contribution in [2.45, 2.75) is 18.9 Å². The summed E-state index contributed by atoms with van der Waals surface area (Å²) in [6.07, 6.45) is 4.13. The van der Waals surface area contributed by atoms with Gasteiger partial charge in [0.05, 0.1) is 6.61 Å². The monoisotopic (exact) mass is 193 g/mol. The highest BCUT2D eigenvalue weighted by atomic mass is 16.3. The molecule has 0 bridgehead atoms. The number of rotatable bonds is 4. The zero-order valence-electron chi connectivity index (χ0n) is 8.06. The molecule has 1 saturated carbocycles. The van der Waals surface area contributed by atoms with Crippen LogP contribution in [-0.2, 0) is 0 Å². The van der Waals surface area contributed by atoms with E-state index in [0.29, 0.717) is 18.4 Å². The molecule has 0 spiro atoms. The van der Waals surface area contributed by atoms with E-state index in [1.165, 1.54) is 12.8 Å². The summed E-state index contributed by atoms with van der Waals surface area (Å²) in [4.78, 5) is 6.14. The number of aromatic nitrogens is 1. The molecule has 0 radical (unpaired) electrons. The molecule has 0 unspecified atom stereocenters. The van der Waals surface area contributed by atoms with Crippen molar-refractivity contribution in [3.63, 3.8) is 0 Å². The molecule has 76 valence electrons. The third kappa shape index (κ3) is 1.96. The lowest BCUT2D eigenvalue weighted by molar-refractivity contribution is 0.301.